The van der Waals surface area contributed by atoms with Gasteiger partial charge in [-0.15, -0.1) is 0 Å². The topological polar surface area (TPSA) is 83.8 Å². The van der Waals surface area contributed by atoms with E-state index in [1.165, 1.54) is 18.2 Å². The minimum atomic E-state index is -3.09. The fraction of sp³-hybridized carbons (Fsp3) is 0.304. The normalized spacial score (nSPS) is 14.1. The van der Waals surface area contributed by atoms with Gasteiger partial charge >= 0.3 is 6.61 Å². The van der Waals surface area contributed by atoms with Crippen molar-refractivity contribution in [1.29, 1.82) is 5.26 Å². The van der Waals surface area contributed by atoms with Crippen LogP contribution >= 0.6 is 0 Å². The number of anilines is 2. The molecule has 9 heteroatoms. The Bertz CT molecular complexity index is 997. The first-order valence-corrected chi connectivity index (χ1v) is 10.1. The van der Waals surface area contributed by atoms with E-state index in [2.05, 4.69) is 15.0 Å². The van der Waals surface area contributed by atoms with Crippen molar-refractivity contribution in [1.82, 2.24) is 0 Å². The second-order valence-corrected chi connectivity index (χ2v) is 6.76. The lowest BCUT2D eigenvalue weighted by atomic mass is 10.1. The summed E-state index contributed by atoms with van der Waals surface area (Å²) in [5.74, 6) is -0.811. The molecule has 0 spiro atoms. The SMILES string of the molecule is CCOc1cccc(/C=C(\C#N)C(=O)Nc2ccc(N3CCOCC3)cc2)c1OC(F)F. The molecule has 32 heavy (non-hydrogen) atoms. The van der Waals surface area contributed by atoms with Gasteiger partial charge in [0.1, 0.15) is 11.6 Å². The third kappa shape index (κ3) is 5.95. The van der Waals surface area contributed by atoms with Crippen LogP contribution in [0.3, 0.4) is 0 Å². The summed E-state index contributed by atoms with van der Waals surface area (Å²) < 4.78 is 41.1. The van der Waals surface area contributed by atoms with Crippen LogP contribution in [0.15, 0.2) is 48.0 Å². The molecule has 7 nitrogen and oxygen atoms in total. The molecule has 1 saturated heterocycles. The highest BCUT2D eigenvalue weighted by Crippen LogP contribution is 2.34. The van der Waals surface area contributed by atoms with E-state index < -0.39 is 12.5 Å². The highest BCUT2D eigenvalue weighted by Gasteiger charge is 2.17. The molecule has 0 bridgehead atoms. The van der Waals surface area contributed by atoms with Gasteiger partial charge in [0.05, 0.1) is 19.8 Å². The van der Waals surface area contributed by atoms with E-state index >= 15 is 0 Å². The molecule has 2 aromatic rings. The van der Waals surface area contributed by atoms with Crippen LogP contribution in [0.25, 0.3) is 6.08 Å². The van der Waals surface area contributed by atoms with Crippen molar-refractivity contribution in [3.8, 4) is 17.6 Å². The molecule has 0 unspecified atom stereocenters. The molecular formula is C23H23F2N3O4. The largest absolute Gasteiger partial charge is 0.490 e. The van der Waals surface area contributed by atoms with Gasteiger partial charge in [-0.2, -0.15) is 14.0 Å². The average Bonchev–Trinajstić information content (AvgIpc) is 2.80. The third-order valence-corrected chi connectivity index (χ3v) is 4.68. The summed E-state index contributed by atoms with van der Waals surface area (Å²) >= 11 is 0. The van der Waals surface area contributed by atoms with Crippen LogP contribution in [-0.4, -0.2) is 45.4 Å². The van der Waals surface area contributed by atoms with Crippen molar-refractivity contribution in [2.75, 3.05) is 43.1 Å². The van der Waals surface area contributed by atoms with Crippen molar-refractivity contribution in [3.05, 3.63) is 53.6 Å². The Morgan fingerprint density at radius 3 is 2.59 bits per heavy atom. The molecule has 3 rings (SSSR count). The predicted molar refractivity (Wildman–Crippen MR) is 116 cm³/mol. The Hall–Kier alpha value is -3.64. The molecule has 1 heterocycles. The summed E-state index contributed by atoms with van der Waals surface area (Å²) in [6.45, 7) is 1.75. The number of halogens is 2. The molecule has 168 valence electrons. The van der Waals surface area contributed by atoms with E-state index in [1.54, 1.807) is 25.1 Å². The lowest BCUT2D eigenvalue weighted by molar-refractivity contribution is -0.112. The van der Waals surface area contributed by atoms with Gasteiger partial charge in [-0.1, -0.05) is 12.1 Å². The Labute approximate surface area is 184 Å². The van der Waals surface area contributed by atoms with E-state index in [9.17, 15) is 18.8 Å². The number of nitrogens with zero attached hydrogens (tertiary/aromatic N) is 2. The van der Waals surface area contributed by atoms with Gasteiger partial charge in [-0.05, 0) is 43.3 Å². The second kappa shape index (κ2) is 11.1. The molecule has 1 aliphatic rings. The number of amides is 1. The molecular weight excluding hydrogens is 420 g/mol. The van der Waals surface area contributed by atoms with Crippen LogP contribution in [0.1, 0.15) is 12.5 Å². The summed E-state index contributed by atoms with van der Waals surface area (Å²) in [5, 5.41) is 12.1. The molecule has 1 aliphatic heterocycles. The lowest BCUT2D eigenvalue weighted by Crippen LogP contribution is -2.36. The number of alkyl halides is 2. The standard InChI is InChI=1S/C23H23F2N3O4/c1-2-31-20-5-3-4-16(21(20)32-23(24)25)14-17(15-26)22(29)27-18-6-8-19(9-7-18)28-10-12-30-13-11-28/h3-9,14,23H,2,10-13H2,1H3,(H,27,29)/b17-14+. The zero-order valence-corrected chi connectivity index (χ0v) is 17.5. The predicted octanol–water partition coefficient (Wildman–Crippen LogP) is 4.07. The van der Waals surface area contributed by atoms with Crippen LogP contribution < -0.4 is 19.7 Å². The van der Waals surface area contributed by atoms with Gasteiger partial charge in [0.25, 0.3) is 5.91 Å². The average molecular weight is 443 g/mol. The smallest absolute Gasteiger partial charge is 0.387 e. The zero-order chi connectivity index (χ0) is 22.9. The summed E-state index contributed by atoms with van der Waals surface area (Å²) in [7, 11) is 0. The van der Waals surface area contributed by atoms with Crippen LogP contribution in [0, 0.1) is 11.3 Å². The minimum absolute atomic E-state index is 0.0953. The monoisotopic (exact) mass is 443 g/mol. The van der Waals surface area contributed by atoms with Crippen molar-refractivity contribution in [3.63, 3.8) is 0 Å². The number of nitrogens with one attached hydrogen (secondary N) is 1. The number of carbonyl (C=O) groups is 1. The number of ether oxygens (including phenoxy) is 3. The molecule has 0 radical (unpaired) electrons. The first-order valence-electron chi connectivity index (χ1n) is 10.1. The number of rotatable bonds is 8. The van der Waals surface area contributed by atoms with E-state index in [0.717, 1.165) is 18.8 Å². The maximum Gasteiger partial charge on any atom is 0.387 e. The van der Waals surface area contributed by atoms with Gasteiger partial charge in [-0.25, -0.2) is 0 Å². The van der Waals surface area contributed by atoms with Crippen molar-refractivity contribution >= 4 is 23.4 Å². The summed E-state index contributed by atoms with van der Waals surface area (Å²) in [5.41, 5.74) is 1.37. The number of hydrogen-bond donors (Lipinski definition) is 1. The van der Waals surface area contributed by atoms with Crippen molar-refractivity contribution in [2.45, 2.75) is 13.5 Å². The van der Waals surface area contributed by atoms with Gasteiger partial charge < -0.3 is 24.4 Å². The van der Waals surface area contributed by atoms with Gasteiger partial charge in [0, 0.05) is 30.0 Å². The quantitative estimate of drug-likeness (QED) is 0.489. The van der Waals surface area contributed by atoms with Crippen LogP contribution in [0.2, 0.25) is 0 Å². The molecule has 1 fully saturated rings. The van der Waals surface area contributed by atoms with Crippen LogP contribution in [0.5, 0.6) is 11.5 Å². The maximum atomic E-state index is 12.9. The third-order valence-electron chi connectivity index (χ3n) is 4.68. The van der Waals surface area contributed by atoms with Gasteiger partial charge in [-0.3, -0.25) is 4.79 Å². The van der Waals surface area contributed by atoms with E-state index in [0.29, 0.717) is 18.9 Å². The Kier molecular flexibility index (Phi) is 8.00. The maximum absolute atomic E-state index is 12.9. The van der Waals surface area contributed by atoms with E-state index in [-0.39, 0.29) is 29.2 Å². The summed E-state index contributed by atoms with van der Waals surface area (Å²) in [6.07, 6.45) is 1.19. The summed E-state index contributed by atoms with van der Waals surface area (Å²) in [6, 6.07) is 13.5. The molecule has 0 atom stereocenters. The van der Waals surface area contributed by atoms with Gasteiger partial charge in [0.2, 0.25) is 0 Å². The number of hydrogen-bond acceptors (Lipinski definition) is 6. The molecule has 1 amide bonds. The Morgan fingerprint density at radius 2 is 1.97 bits per heavy atom. The fourth-order valence-electron chi connectivity index (χ4n) is 3.21. The highest BCUT2D eigenvalue weighted by molar-refractivity contribution is 6.10. The number of carbonyl (C=O) groups excluding carboxylic acids is 1. The van der Waals surface area contributed by atoms with Crippen LogP contribution in [0.4, 0.5) is 20.2 Å². The molecule has 1 N–H and O–H groups in total. The minimum Gasteiger partial charge on any atom is -0.490 e. The van der Waals surface area contributed by atoms with Crippen molar-refractivity contribution < 1.29 is 27.8 Å². The fourth-order valence-corrected chi connectivity index (χ4v) is 3.21. The highest BCUT2D eigenvalue weighted by atomic mass is 19.3. The first-order chi connectivity index (χ1) is 15.5. The zero-order valence-electron chi connectivity index (χ0n) is 17.5. The van der Waals surface area contributed by atoms with Gasteiger partial charge in [0.15, 0.2) is 11.5 Å². The number of morpholine rings is 1. The van der Waals surface area contributed by atoms with Crippen LogP contribution in [-0.2, 0) is 9.53 Å². The van der Waals surface area contributed by atoms with E-state index in [1.807, 2.05) is 18.2 Å². The number of benzene rings is 2. The molecule has 0 saturated carbocycles. The summed E-state index contributed by atoms with van der Waals surface area (Å²) in [4.78, 5) is 14.8. The Morgan fingerprint density at radius 1 is 1.25 bits per heavy atom. The Balaban J connectivity index is 1.78. The van der Waals surface area contributed by atoms with E-state index in [4.69, 9.17) is 9.47 Å². The first kappa shape index (κ1) is 23.0. The number of nitriles is 1. The van der Waals surface area contributed by atoms with Crippen molar-refractivity contribution in [2.24, 2.45) is 0 Å². The molecule has 0 aromatic heterocycles. The molecule has 0 aliphatic carbocycles. The number of para-hydroxylation sites is 1. The lowest BCUT2D eigenvalue weighted by Gasteiger charge is -2.28. The second-order valence-electron chi connectivity index (χ2n) is 6.76. The molecule has 2 aromatic carbocycles.